The van der Waals surface area contributed by atoms with Gasteiger partial charge in [0.15, 0.2) is 0 Å². The van der Waals surface area contributed by atoms with Gasteiger partial charge in [-0.2, -0.15) is 0 Å². The van der Waals surface area contributed by atoms with Gasteiger partial charge in [-0.05, 0) is 86.0 Å². The number of aliphatic carboxylic acids is 1. The number of carbonyl (C=O) groups is 2. The molecule has 7 nitrogen and oxygen atoms in total. The lowest BCUT2D eigenvalue weighted by molar-refractivity contribution is -0.143. The van der Waals surface area contributed by atoms with Gasteiger partial charge < -0.3 is 20.5 Å². The number of carbonyl (C=O) groups excluding carboxylic acids is 1. The SMILES string of the molecule is CC(C)c1ccc(C2(C(=O)N[C@@H](CCO[C@H]3C[C@H](CCc4ccc5c(n4)NCCC5)C3)C(=O)O)CCCC2)cc1. The van der Waals surface area contributed by atoms with Crippen molar-refractivity contribution in [2.75, 3.05) is 18.5 Å². The van der Waals surface area contributed by atoms with Crippen molar-refractivity contribution in [2.24, 2.45) is 5.92 Å². The molecule has 0 saturated heterocycles. The average Bonchev–Trinajstić information content (AvgIpc) is 3.44. The lowest BCUT2D eigenvalue weighted by atomic mass is 9.77. The summed E-state index contributed by atoms with van der Waals surface area (Å²) in [6.45, 7) is 5.65. The van der Waals surface area contributed by atoms with Crippen LogP contribution in [0.4, 0.5) is 5.82 Å². The van der Waals surface area contributed by atoms with Gasteiger partial charge in [0.2, 0.25) is 5.91 Å². The van der Waals surface area contributed by atoms with Crippen LogP contribution < -0.4 is 10.6 Å². The zero-order chi connectivity index (χ0) is 28.1. The third kappa shape index (κ3) is 6.51. The highest BCUT2D eigenvalue weighted by Crippen LogP contribution is 2.42. The molecule has 7 heteroatoms. The molecule has 2 heterocycles. The normalized spacial score (nSPS) is 22.2. The van der Waals surface area contributed by atoms with E-state index >= 15 is 0 Å². The Bertz CT molecular complexity index is 1170. The van der Waals surface area contributed by atoms with E-state index in [1.165, 1.54) is 17.5 Å². The molecule has 1 amide bonds. The Morgan fingerprint density at radius 3 is 2.55 bits per heavy atom. The number of ether oxygens (including phenoxy) is 1. The summed E-state index contributed by atoms with van der Waals surface area (Å²) >= 11 is 0. The predicted molar refractivity (Wildman–Crippen MR) is 157 cm³/mol. The number of hydrogen-bond donors (Lipinski definition) is 3. The number of pyridine rings is 1. The standard InChI is InChI=1S/C33H45N3O4/c1-22(2)24-8-11-26(12-9-24)33(16-3-4-17-33)32(39)36-29(31(37)38)15-19-40-28-20-23(21-28)7-13-27-14-10-25-6-5-18-34-30(25)35-27/h8-12,14,22-23,28-29H,3-7,13,15-21H2,1-2H3,(H,34,35)(H,36,39)(H,37,38)/t23-,28-,29-/m0/s1. The van der Waals surface area contributed by atoms with Gasteiger partial charge >= 0.3 is 5.97 Å². The van der Waals surface area contributed by atoms with Crippen LogP contribution in [0.3, 0.4) is 0 Å². The van der Waals surface area contributed by atoms with Gasteiger partial charge in [0.05, 0.1) is 11.5 Å². The second-order valence-electron chi connectivity index (χ2n) is 12.4. The summed E-state index contributed by atoms with van der Waals surface area (Å²) in [5.74, 6) is 0.938. The first-order chi connectivity index (χ1) is 19.3. The van der Waals surface area contributed by atoms with Crippen molar-refractivity contribution in [3.05, 3.63) is 58.8 Å². The Kier molecular flexibility index (Phi) is 9.09. The van der Waals surface area contributed by atoms with Crippen molar-refractivity contribution < 1.29 is 19.4 Å². The van der Waals surface area contributed by atoms with Crippen LogP contribution in [0.2, 0.25) is 0 Å². The van der Waals surface area contributed by atoms with Gasteiger partial charge in [-0.3, -0.25) is 4.79 Å². The quantitative estimate of drug-likeness (QED) is 0.312. The molecule has 2 fully saturated rings. The number of nitrogens with zero attached hydrogens (tertiary/aromatic N) is 1. The maximum absolute atomic E-state index is 13.6. The van der Waals surface area contributed by atoms with Crippen molar-refractivity contribution in [3.8, 4) is 0 Å². The fourth-order valence-electron chi connectivity index (χ4n) is 6.63. The maximum Gasteiger partial charge on any atom is 0.326 e. The van der Waals surface area contributed by atoms with Gasteiger partial charge in [-0.1, -0.05) is 57.0 Å². The first-order valence-electron chi connectivity index (χ1n) is 15.3. The van der Waals surface area contributed by atoms with Gasteiger partial charge in [0, 0.05) is 25.3 Å². The molecule has 1 aromatic carbocycles. The number of aryl methyl sites for hydroxylation is 2. The molecule has 1 aromatic heterocycles. The summed E-state index contributed by atoms with van der Waals surface area (Å²) in [7, 11) is 0. The summed E-state index contributed by atoms with van der Waals surface area (Å²) in [6.07, 6.45) is 10.3. The summed E-state index contributed by atoms with van der Waals surface area (Å²) in [6, 6.07) is 11.7. The molecule has 2 aliphatic carbocycles. The van der Waals surface area contributed by atoms with Gasteiger partial charge in [0.25, 0.3) is 0 Å². The van der Waals surface area contributed by atoms with Crippen molar-refractivity contribution >= 4 is 17.7 Å². The second kappa shape index (κ2) is 12.7. The number of carboxylic acid groups (broad SMARTS) is 1. The number of rotatable bonds is 12. The number of carboxylic acids is 1. The summed E-state index contributed by atoms with van der Waals surface area (Å²) < 4.78 is 6.03. The Morgan fingerprint density at radius 2 is 1.85 bits per heavy atom. The van der Waals surface area contributed by atoms with Crippen LogP contribution in [0.1, 0.15) is 99.9 Å². The van der Waals surface area contributed by atoms with Crippen LogP contribution >= 0.6 is 0 Å². The molecule has 40 heavy (non-hydrogen) atoms. The van der Waals surface area contributed by atoms with Gasteiger partial charge in [-0.25, -0.2) is 9.78 Å². The van der Waals surface area contributed by atoms with E-state index in [2.05, 4.69) is 60.9 Å². The van der Waals surface area contributed by atoms with Gasteiger partial charge in [0.1, 0.15) is 11.9 Å². The highest BCUT2D eigenvalue weighted by molar-refractivity contribution is 5.91. The average molecular weight is 548 g/mol. The zero-order valence-electron chi connectivity index (χ0n) is 24.1. The van der Waals surface area contributed by atoms with Crippen LogP contribution in [-0.4, -0.2) is 47.3 Å². The largest absolute Gasteiger partial charge is 0.480 e. The highest BCUT2D eigenvalue weighted by atomic mass is 16.5. The van der Waals surface area contributed by atoms with E-state index in [4.69, 9.17) is 9.72 Å². The molecular weight excluding hydrogens is 502 g/mol. The van der Waals surface area contributed by atoms with E-state index in [0.29, 0.717) is 18.4 Å². The van der Waals surface area contributed by atoms with Crippen LogP contribution in [0, 0.1) is 5.92 Å². The second-order valence-corrected chi connectivity index (χ2v) is 12.4. The molecule has 2 saturated carbocycles. The molecule has 0 bridgehead atoms. The fraction of sp³-hybridized carbons (Fsp3) is 0.606. The minimum atomic E-state index is -1.00. The lowest BCUT2D eigenvalue weighted by Gasteiger charge is -2.35. The van der Waals surface area contributed by atoms with Gasteiger partial charge in [-0.15, -0.1) is 0 Å². The smallest absolute Gasteiger partial charge is 0.326 e. The minimum Gasteiger partial charge on any atom is -0.480 e. The van der Waals surface area contributed by atoms with Crippen LogP contribution in [0.5, 0.6) is 0 Å². The highest BCUT2D eigenvalue weighted by Gasteiger charge is 2.44. The topological polar surface area (TPSA) is 101 Å². The zero-order valence-corrected chi connectivity index (χ0v) is 24.1. The molecule has 3 aliphatic rings. The number of nitrogens with one attached hydrogen (secondary N) is 2. The number of benzene rings is 1. The molecule has 216 valence electrons. The third-order valence-electron chi connectivity index (χ3n) is 9.34. The Hall–Kier alpha value is -2.93. The number of aromatic nitrogens is 1. The third-order valence-corrected chi connectivity index (χ3v) is 9.34. The Labute approximate surface area is 238 Å². The van der Waals surface area contributed by atoms with E-state index in [1.54, 1.807) is 0 Å². The summed E-state index contributed by atoms with van der Waals surface area (Å²) in [5.41, 5.74) is 4.06. The Morgan fingerprint density at radius 1 is 1.10 bits per heavy atom. The van der Waals surface area contributed by atoms with Crippen molar-refractivity contribution in [1.29, 1.82) is 0 Å². The molecule has 2 aromatic rings. The molecule has 1 atom stereocenters. The van der Waals surface area contributed by atoms with E-state index in [0.717, 1.165) is 81.4 Å². The predicted octanol–water partition coefficient (Wildman–Crippen LogP) is 5.76. The summed E-state index contributed by atoms with van der Waals surface area (Å²) in [5, 5.41) is 16.2. The summed E-state index contributed by atoms with van der Waals surface area (Å²) in [4.78, 5) is 30.4. The number of hydrogen-bond acceptors (Lipinski definition) is 5. The van der Waals surface area contributed by atoms with Crippen molar-refractivity contribution in [2.45, 2.75) is 108 Å². The Balaban J connectivity index is 1.07. The van der Waals surface area contributed by atoms with E-state index < -0.39 is 17.4 Å². The number of amides is 1. The molecule has 1 aliphatic heterocycles. The number of fused-ring (bicyclic) bond motifs is 1. The molecule has 5 rings (SSSR count). The molecule has 0 radical (unpaired) electrons. The molecule has 0 unspecified atom stereocenters. The van der Waals surface area contributed by atoms with Crippen molar-refractivity contribution in [3.63, 3.8) is 0 Å². The van der Waals surface area contributed by atoms with Crippen LogP contribution in [-0.2, 0) is 32.6 Å². The number of anilines is 1. The lowest BCUT2D eigenvalue weighted by Crippen LogP contribution is -2.50. The van der Waals surface area contributed by atoms with E-state index in [9.17, 15) is 14.7 Å². The molecular formula is C33H45N3O4. The molecule has 3 N–H and O–H groups in total. The van der Waals surface area contributed by atoms with Crippen molar-refractivity contribution in [1.82, 2.24) is 10.3 Å². The van der Waals surface area contributed by atoms with Crippen LogP contribution in [0.15, 0.2) is 36.4 Å². The fourth-order valence-corrected chi connectivity index (χ4v) is 6.63. The monoisotopic (exact) mass is 547 g/mol. The van der Waals surface area contributed by atoms with E-state index in [-0.39, 0.29) is 18.4 Å². The maximum atomic E-state index is 13.6. The molecule has 0 spiro atoms. The first-order valence-corrected chi connectivity index (χ1v) is 15.3. The van der Waals surface area contributed by atoms with E-state index in [1.807, 2.05) is 0 Å². The first kappa shape index (κ1) is 28.6. The minimum absolute atomic E-state index is 0.163. The van der Waals surface area contributed by atoms with Crippen LogP contribution in [0.25, 0.3) is 0 Å².